The van der Waals surface area contributed by atoms with Gasteiger partial charge in [-0.2, -0.15) is 0 Å². The third-order valence-electron chi connectivity index (χ3n) is 3.55. The number of carbonyl (C=O) groups is 1. The van der Waals surface area contributed by atoms with Gasteiger partial charge in [-0.1, -0.05) is 22.9 Å². The molecule has 2 aliphatic heterocycles. The number of aliphatic hydroxyl groups excluding tert-OH is 1. The molecule has 2 saturated heterocycles. The highest BCUT2D eigenvalue weighted by Gasteiger charge is 2.36. The number of aromatic nitrogens is 1. The van der Waals surface area contributed by atoms with Crippen LogP contribution in [0.1, 0.15) is 17.7 Å². The molecule has 0 aromatic carbocycles. The number of carbonyl (C=O) groups excluding carboxylic acids is 1. The van der Waals surface area contributed by atoms with E-state index >= 15 is 0 Å². The average Bonchev–Trinajstić information content (AvgIpc) is 2.93. The predicted molar refractivity (Wildman–Crippen MR) is 70.0 cm³/mol. The summed E-state index contributed by atoms with van der Waals surface area (Å²) < 4.78 is 0. The Morgan fingerprint density at radius 2 is 2.33 bits per heavy atom. The zero-order valence-corrected chi connectivity index (χ0v) is 11.4. The van der Waals surface area contributed by atoms with Crippen LogP contribution in [0, 0.1) is 0 Å². The van der Waals surface area contributed by atoms with E-state index in [9.17, 15) is 4.79 Å². The maximum atomic E-state index is 11.6. The van der Waals surface area contributed by atoms with Crippen molar-refractivity contribution in [2.24, 2.45) is 0 Å². The zero-order valence-electron chi connectivity index (χ0n) is 9.80. The van der Waals surface area contributed by atoms with E-state index in [0.717, 1.165) is 31.2 Å². The van der Waals surface area contributed by atoms with Gasteiger partial charge in [0, 0.05) is 32.1 Å². The van der Waals surface area contributed by atoms with Crippen molar-refractivity contribution in [3.8, 4) is 0 Å². The second-order valence-electron chi connectivity index (χ2n) is 4.59. The smallest absolute Gasteiger partial charge is 0.223 e. The van der Waals surface area contributed by atoms with Gasteiger partial charge < -0.3 is 14.9 Å². The van der Waals surface area contributed by atoms with E-state index < -0.39 is 0 Å². The minimum atomic E-state index is -0.0711. The Morgan fingerprint density at radius 1 is 1.50 bits per heavy atom. The molecule has 0 bridgehead atoms. The molecule has 1 aromatic rings. The lowest BCUT2D eigenvalue weighted by Gasteiger charge is -2.37. The summed E-state index contributed by atoms with van der Waals surface area (Å²) in [5, 5.41) is 10.4. The van der Waals surface area contributed by atoms with Crippen LogP contribution >= 0.6 is 22.9 Å². The minimum absolute atomic E-state index is 0.0711. The monoisotopic (exact) mass is 287 g/mol. The molecular weight excluding hydrogens is 274 g/mol. The minimum Gasteiger partial charge on any atom is -0.391 e. The Kier molecular flexibility index (Phi) is 3.17. The number of piperazine rings is 1. The Balaban J connectivity index is 1.76. The molecule has 1 aromatic heterocycles. The molecule has 3 heterocycles. The molecule has 7 heteroatoms. The summed E-state index contributed by atoms with van der Waals surface area (Å²) in [7, 11) is 0. The third kappa shape index (κ3) is 1.98. The van der Waals surface area contributed by atoms with E-state index in [2.05, 4.69) is 9.88 Å². The highest BCUT2D eigenvalue weighted by atomic mass is 35.5. The highest BCUT2D eigenvalue weighted by Crippen LogP contribution is 2.32. The number of hydrogen-bond donors (Lipinski definition) is 1. The van der Waals surface area contributed by atoms with Gasteiger partial charge in [-0.15, -0.1) is 0 Å². The lowest BCUT2D eigenvalue weighted by molar-refractivity contribution is -0.129. The van der Waals surface area contributed by atoms with Crippen LogP contribution in [0.4, 0.5) is 5.13 Å². The van der Waals surface area contributed by atoms with Gasteiger partial charge >= 0.3 is 0 Å². The van der Waals surface area contributed by atoms with E-state index in [1.54, 1.807) is 0 Å². The average molecular weight is 288 g/mol. The van der Waals surface area contributed by atoms with Crippen molar-refractivity contribution in [3.05, 3.63) is 10.0 Å². The SMILES string of the molecule is O=C1CCC2CN(c3nc(Cl)c(CO)s3)CCN12. The lowest BCUT2D eigenvalue weighted by Crippen LogP contribution is -2.51. The highest BCUT2D eigenvalue weighted by molar-refractivity contribution is 7.16. The van der Waals surface area contributed by atoms with Crippen LogP contribution in [0.2, 0.25) is 5.15 Å². The molecule has 0 radical (unpaired) electrons. The van der Waals surface area contributed by atoms with Crippen LogP contribution in [0.15, 0.2) is 0 Å². The van der Waals surface area contributed by atoms with Crippen molar-refractivity contribution in [2.45, 2.75) is 25.5 Å². The standard InChI is InChI=1S/C11H14ClN3O2S/c12-10-8(6-16)18-11(13-10)14-3-4-15-7(5-14)1-2-9(15)17/h7,16H,1-6H2. The molecule has 5 nitrogen and oxygen atoms in total. The number of thiazole rings is 1. The molecule has 2 aliphatic rings. The van der Waals surface area contributed by atoms with Crippen molar-refractivity contribution >= 4 is 34.0 Å². The van der Waals surface area contributed by atoms with E-state index in [-0.39, 0.29) is 12.5 Å². The number of aliphatic hydroxyl groups is 1. The molecule has 0 saturated carbocycles. The van der Waals surface area contributed by atoms with Gasteiger partial charge in [-0.25, -0.2) is 4.98 Å². The Labute approximate surface area is 114 Å². The Bertz CT molecular complexity index is 479. The van der Waals surface area contributed by atoms with Crippen LogP contribution in [0.3, 0.4) is 0 Å². The van der Waals surface area contributed by atoms with Crippen molar-refractivity contribution < 1.29 is 9.90 Å². The number of anilines is 1. The fraction of sp³-hybridized carbons (Fsp3) is 0.636. The zero-order chi connectivity index (χ0) is 12.7. The fourth-order valence-corrected chi connectivity index (χ4v) is 3.74. The number of hydrogen-bond acceptors (Lipinski definition) is 5. The number of halogens is 1. The molecule has 0 spiro atoms. The molecule has 1 atom stereocenters. The van der Waals surface area contributed by atoms with Crippen LogP contribution < -0.4 is 4.90 Å². The second-order valence-corrected chi connectivity index (χ2v) is 6.01. The van der Waals surface area contributed by atoms with E-state index in [1.807, 2.05) is 4.90 Å². The summed E-state index contributed by atoms with van der Waals surface area (Å²) >= 11 is 7.38. The molecule has 1 amide bonds. The third-order valence-corrected chi connectivity index (χ3v) is 5.07. The lowest BCUT2D eigenvalue weighted by atomic mass is 10.2. The Morgan fingerprint density at radius 3 is 3.06 bits per heavy atom. The van der Waals surface area contributed by atoms with E-state index in [1.165, 1.54) is 11.3 Å². The van der Waals surface area contributed by atoms with Gasteiger partial charge in [0.15, 0.2) is 5.13 Å². The first-order valence-corrected chi connectivity index (χ1v) is 7.19. The van der Waals surface area contributed by atoms with Crippen LogP contribution in [-0.4, -0.2) is 46.6 Å². The number of amides is 1. The first-order valence-electron chi connectivity index (χ1n) is 5.99. The van der Waals surface area contributed by atoms with Crippen molar-refractivity contribution in [2.75, 3.05) is 24.5 Å². The van der Waals surface area contributed by atoms with Gasteiger partial charge in [-0.05, 0) is 6.42 Å². The first kappa shape index (κ1) is 12.2. The molecule has 1 N–H and O–H groups in total. The molecule has 0 aliphatic carbocycles. The second kappa shape index (κ2) is 4.68. The summed E-state index contributed by atoms with van der Waals surface area (Å²) in [4.78, 5) is 20.7. The van der Waals surface area contributed by atoms with Crippen LogP contribution in [-0.2, 0) is 11.4 Å². The van der Waals surface area contributed by atoms with Gasteiger partial charge in [0.05, 0.1) is 11.5 Å². The molecule has 18 heavy (non-hydrogen) atoms. The summed E-state index contributed by atoms with van der Waals surface area (Å²) in [5.41, 5.74) is 0. The van der Waals surface area contributed by atoms with Gasteiger partial charge in [-0.3, -0.25) is 4.79 Å². The number of nitrogens with zero attached hydrogens (tertiary/aromatic N) is 3. The van der Waals surface area contributed by atoms with E-state index in [4.69, 9.17) is 16.7 Å². The van der Waals surface area contributed by atoms with Gasteiger partial charge in [0.1, 0.15) is 5.15 Å². The van der Waals surface area contributed by atoms with Crippen molar-refractivity contribution in [1.29, 1.82) is 0 Å². The molecular formula is C11H14ClN3O2S. The summed E-state index contributed by atoms with van der Waals surface area (Å²) in [5.74, 6) is 0.271. The maximum Gasteiger partial charge on any atom is 0.223 e. The molecule has 98 valence electrons. The fourth-order valence-electron chi connectivity index (χ4n) is 2.59. The summed E-state index contributed by atoms with van der Waals surface area (Å²) in [6.45, 7) is 2.30. The van der Waals surface area contributed by atoms with Crippen molar-refractivity contribution in [1.82, 2.24) is 9.88 Å². The number of fused-ring (bicyclic) bond motifs is 1. The summed E-state index contributed by atoms with van der Waals surface area (Å²) in [6.07, 6.45) is 1.60. The number of rotatable bonds is 2. The van der Waals surface area contributed by atoms with Crippen LogP contribution in [0.5, 0.6) is 0 Å². The summed E-state index contributed by atoms with van der Waals surface area (Å²) in [6, 6.07) is 0.312. The largest absolute Gasteiger partial charge is 0.391 e. The van der Waals surface area contributed by atoms with Gasteiger partial charge in [0.25, 0.3) is 0 Å². The quantitative estimate of drug-likeness (QED) is 0.885. The topological polar surface area (TPSA) is 56.7 Å². The van der Waals surface area contributed by atoms with Crippen LogP contribution in [0.25, 0.3) is 0 Å². The Hall–Kier alpha value is -0.850. The normalized spacial score (nSPS) is 23.7. The van der Waals surface area contributed by atoms with E-state index in [0.29, 0.717) is 22.5 Å². The maximum absolute atomic E-state index is 11.6. The van der Waals surface area contributed by atoms with Crippen molar-refractivity contribution in [3.63, 3.8) is 0 Å². The predicted octanol–water partition coefficient (Wildman–Crippen LogP) is 1.10. The molecule has 1 unspecified atom stereocenters. The first-order chi connectivity index (χ1) is 8.69. The molecule has 2 fully saturated rings. The van der Waals surface area contributed by atoms with Gasteiger partial charge in [0.2, 0.25) is 5.91 Å². The molecule has 3 rings (SSSR count).